The number of nitrogens with zero attached hydrogens (tertiary/aromatic N) is 2. The van der Waals surface area contributed by atoms with Crippen molar-refractivity contribution in [1.82, 2.24) is 9.80 Å². The van der Waals surface area contributed by atoms with Crippen LogP contribution in [0.5, 0.6) is 0 Å². The van der Waals surface area contributed by atoms with Crippen molar-refractivity contribution in [3.63, 3.8) is 0 Å². The van der Waals surface area contributed by atoms with Gasteiger partial charge in [-0.3, -0.25) is 9.59 Å². The van der Waals surface area contributed by atoms with Crippen LogP contribution in [0.1, 0.15) is 13.3 Å². The first-order chi connectivity index (χ1) is 8.41. The maximum atomic E-state index is 12.3. The topological polar surface area (TPSA) is 77.9 Å². The average Bonchev–Trinajstić information content (AvgIpc) is 2.83. The minimum Gasteiger partial charge on any atom is -0.480 e. The van der Waals surface area contributed by atoms with Crippen LogP contribution in [0.3, 0.4) is 0 Å². The van der Waals surface area contributed by atoms with Crippen molar-refractivity contribution < 1.29 is 19.5 Å². The monoisotopic (exact) mass is 272 g/mol. The second-order valence-corrected chi connectivity index (χ2v) is 6.06. The maximum absolute atomic E-state index is 12.3. The van der Waals surface area contributed by atoms with Crippen LogP contribution < -0.4 is 0 Å². The molecule has 0 aliphatic carbocycles. The fourth-order valence-corrected chi connectivity index (χ4v) is 3.58. The zero-order valence-corrected chi connectivity index (χ0v) is 11.1. The van der Waals surface area contributed by atoms with Crippen molar-refractivity contribution in [2.45, 2.75) is 24.8 Å². The number of thioether (sulfide) groups is 1. The fraction of sp³-hybridized carbons (Fsp3) is 0.727. The van der Waals surface area contributed by atoms with E-state index >= 15 is 0 Å². The van der Waals surface area contributed by atoms with Crippen LogP contribution in [0.25, 0.3) is 0 Å². The molecule has 0 aromatic rings. The smallest absolute Gasteiger partial charge is 0.327 e. The molecule has 2 rings (SSSR count). The Morgan fingerprint density at radius 1 is 1.44 bits per heavy atom. The second-order valence-electron chi connectivity index (χ2n) is 4.71. The number of carboxylic acid groups (broad SMARTS) is 1. The number of rotatable bonds is 2. The first-order valence-corrected chi connectivity index (χ1v) is 6.87. The predicted molar refractivity (Wildman–Crippen MR) is 65.9 cm³/mol. The van der Waals surface area contributed by atoms with E-state index in [9.17, 15) is 14.4 Å². The van der Waals surface area contributed by atoms with Crippen LogP contribution in [0.4, 0.5) is 0 Å². The molecule has 3 atom stereocenters. The van der Waals surface area contributed by atoms with E-state index in [1.807, 2.05) is 6.92 Å². The second kappa shape index (κ2) is 4.79. The molecule has 2 aliphatic rings. The van der Waals surface area contributed by atoms with E-state index in [0.29, 0.717) is 12.3 Å². The van der Waals surface area contributed by atoms with Crippen molar-refractivity contribution >= 4 is 29.5 Å². The third-order valence-corrected chi connectivity index (χ3v) is 4.67. The van der Waals surface area contributed by atoms with Gasteiger partial charge in [0.05, 0.1) is 11.3 Å². The van der Waals surface area contributed by atoms with E-state index in [4.69, 9.17) is 5.11 Å². The van der Waals surface area contributed by atoms with Crippen LogP contribution in [-0.4, -0.2) is 63.5 Å². The highest BCUT2D eigenvalue weighted by molar-refractivity contribution is 8.00. The Kier molecular flexibility index (Phi) is 3.52. The van der Waals surface area contributed by atoms with Gasteiger partial charge in [-0.25, -0.2) is 4.79 Å². The average molecular weight is 272 g/mol. The lowest BCUT2D eigenvalue weighted by atomic mass is 10.1. The van der Waals surface area contributed by atoms with Gasteiger partial charge in [-0.1, -0.05) is 0 Å². The van der Waals surface area contributed by atoms with Crippen LogP contribution in [0.15, 0.2) is 0 Å². The van der Waals surface area contributed by atoms with Gasteiger partial charge in [-0.15, -0.1) is 11.8 Å². The quantitative estimate of drug-likeness (QED) is 0.755. The summed E-state index contributed by atoms with van der Waals surface area (Å²) in [5.41, 5.74) is 0. The van der Waals surface area contributed by atoms with Crippen molar-refractivity contribution in [2.75, 3.05) is 19.3 Å². The number of amides is 2. The minimum absolute atomic E-state index is 0.0558. The Labute approximate surface area is 109 Å². The largest absolute Gasteiger partial charge is 0.480 e. The third-order valence-electron chi connectivity index (χ3n) is 3.45. The van der Waals surface area contributed by atoms with Crippen LogP contribution in [0, 0.1) is 5.92 Å². The van der Waals surface area contributed by atoms with Crippen LogP contribution in [-0.2, 0) is 14.4 Å². The summed E-state index contributed by atoms with van der Waals surface area (Å²) in [7, 11) is 1.66. The summed E-state index contributed by atoms with van der Waals surface area (Å²) in [6.45, 7) is 2.21. The molecule has 0 aromatic heterocycles. The normalized spacial score (nSPS) is 32.1. The van der Waals surface area contributed by atoms with E-state index in [2.05, 4.69) is 0 Å². The van der Waals surface area contributed by atoms with Gasteiger partial charge >= 0.3 is 5.97 Å². The lowest BCUT2D eigenvalue weighted by Crippen LogP contribution is -2.47. The molecule has 7 heteroatoms. The summed E-state index contributed by atoms with van der Waals surface area (Å²) in [5.74, 6) is -1.22. The number of hydrogen-bond acceptors (Lipinski definition) is 4. The number of likely N-dealkylation sites (tertiary alicyclic amines) is 1. The summed E-state index contributed by atoms with van der Waals surface area (Å²) in [4.78, 5) is 37.8. The van der Waals surface area contributed by atoms with E-state index in [0.717, 1.165) is 0 Å². The summed E-state index contributed by atoms with van der Waals surface area (Å²) in [6, 6.07) is -0.765. The zero-order valence-electron chi connectivity index (χ0n) is 10.3. The number of carboxylic acids is 1. The first-order valence-electron chi connectivity index (χ1n) is 5.82. The molecule has 2 fully saturated rings. The number of aliphatic carboxylic acids is 1. The Hall–Kier alpha value is -1.24. The molecule has 2 saturated heterocycles. The molecular weight excluding hydrogens is 256 g/mol. The first kappa shape index (κ1) is 13.2. The molecule has 2 amide bonds. The highest BCUT2D eigenvalue weighted by Gasteiger charge is 2.44. The highest BCUT2D eigenvalue weighted by Crippen LogP contribution is 2.32. The molecule has 1 N–H and O–H groups in total. The Morgan fingerprint density at radius 2 is 2.11 bits per heavy atom. The molecule has 0 saturated carbocycles. The Bertz CT molecular complexity index is 401. The molecule has 0 bridgehead atoms. The molecule has 2 heterocycles. The van der Waals surface area contributed by atoms with Gasteiger partial charge in [0.25, 0.3) is 0 Å². The van der Waals surface area contributed by atoms with Gasteiger partial charge in [-0.2, -0.15) is 0 Å². The van der Waals surface area contributed by atoms with Crippen molar-refractivity contribution in [2.24, 2.45) is 5.92 Å². The predicted octanol–water partition coefficient (Wildman–Crippen LogP) is -0.161. The van der Waals surface area contributed by atoms with Crippen molar-refractivity contribution in [3.05, 3.63) is 0 Å². The van der Waals surface area contributed by atoms with E-state index in [1.165, 1.54) is 21.6 Å². The lowest BCUT2D eigenvalue weighted by Gasteiger charge is -2.27. The maximum Gasteiger partial charge on any atom is 0.327 e. The van der Waals surface area contributed by atoms with Gasteiger partial charge in [0.2, 0.25) is 11.8 Å². The third kappa shape index (κ3) is 2.19. The zero-order chi connectivity index (χ0) is 13.4. The molecule has 0 radical (unpaired) electrons. The van der Waals surface area contributed by atoms with Gasteiger partial charge in [0.15, 0.2) is 0 Å². The van der Waals surface area contributed by atoms with Crippen molar-refractivity contribution in [3.8, 4) is 0 Å². The summed E-state index contributed by atoms with van der Waals surface area (Å²) >= 11 is 1.46. The standard InChI is InChI=1S/C11H16N2O4S/c1-6-13(8(5-18-6)11(16)17)10(15)7-3-9(14)12(2)4-7/h6-8H,3-5H2,1-2H3,(H,16,17). The lowest BCUT2D eigenvalue weighted by molar-refractivity contribution is -0.150. The summed E-state index contributed by atoms with van der Waals surface area (Å²) in [6.07, 6.45) is 0.190. The Morgan fingerprint density at radius 3 is 2.61 bits per heavy atom. The van der Waals surface area contributed by atoms with E-state index in [1.54, 1.807) is 7.05 Å². The van der Waals surface area contributed by atoms with E-state index in [-0.39, 0.29) is 23.6 Å². The Balaban J connectivity index is 2.12. The minimum atomic E-state index is -0.974. The van der Waals surface area contributed by atoms with Gasteiger partial charge < -0.3 is 14.9 Å². The molecule has 18 heavy (non-hydrogen) atoms. The fourth-order valence-electron chi connectivity index (χ4n) is 2.41. The molecule has 0 aromatic carbocycles. The highest BCUT2D eigenvalue weighted by atomic mass is 32.2. The molecule has 3 unspecified atom stereocenters. The number of carbonyl (C=O) groups is 3. The van der Waals surface area contributed by atoms with Crippen LogP contribution >= 0.6 is 11.8 Å². The molecule has 100 valence electrons. The number of hydrogen-bond donors (Lipinski definition) is 1. The van der Waals surface area contributed by atoms with Crippen molar-refractivity contribution in [1.29, 1.82) is 0 Å². The molecular formula is C11H16N2O4S. The van der Waals surface area contributed by atoms with Gasteiger partial charge in [-0.05, 0) is 6.92 Å². The van der Waals surface area contributed by atoms with Crippen LogP contribution in [0.2, 0.25) is 0 Å². The summed E-state index contributed by atoms with van der Waals surface area (Å²) < 4.78 is 0. The molecule has 6 nitrogen and oxygen atoms in total. The molecule has 0 spiro atoms. The summed E-state index contributed by atoms with van der Waals surface area (Å²) in [5, 5.41) is 8.97. The SMILES string of the molecule is CC1SCC(C(=O)O)N1C(=O)C1CC(=O)N(C)C1. The van der Waals surface area contributed by atoms with Gasteiger partial charge in [0.1, 0.15) is 6.04 Å². The molecule has 2 aliphatic heterocycles. The number of carbonyl (C=O) groups excluding carboxylic acids is 2. The van der Waals surface area contributed by atoms with Gasteiger partial charge in [0, 0.05) is 25.8 Å². The van der Waals surface area contributed by atoms with E-state index < -0.39 is 17.9 Å².